The standard InChI is InChI=1S/C14H20ClNO4S2/c1-9-16(22(18,19)14-7-6-13(15)21-14)12(8-20-9)10-2-4-11(17)5-3-10/h6-7,9-12,17H,2-5,8H2,1H3/t9?,10?,11?,12-/m1/s1. The Morgan fingerprint density at radius 3 is 2.59 bits per heavy atom. The zero-order chi connectivity index (χ0) is 15.9. The lowest BCUT2D eigenvalue weighted by Crippen LogP contribution is -2.45. The van der Waals surface area contributed by atoms with Crippen LogP contribution in [0.3, 0.4) is 0 Å². The van der Waals surface area contributed by atoms with E-state index in [-0.39, 0.29) is 22.3 Å². The molecule has 1 aromatic heterocycles. The molecule has 0 bridgehead atoms. The lowest BCUT2D eigenvalue weighted by Gasteiger charge is -2.34. The summed E-state index contributed by atoms with van der Waals surface area (Å²) in [5.41, 5.74) is 0. The summed E-state index contributed by atoms with van der Waals surface area (Å²) in [5.74, 6) is 0.235. The highest BCUT2D eigenvalue weighted by Crippen LogP contribution is 2.38. The molecule has 1 aliphatic carbocycles. The van der Waals surface area contributed by atoms with E-state index in [1.54, 1.807) is 19.1 Å². The van der Waals surface area contributed by atoms with Crippen LogP contribution in [0, 0.1) is 5.92 Å². The monoisotopic (exact) mass is 365 g/mol. The first kappa shape index (κ1) is 16.7. The van der Waals surface area contributed by atoms with Gasteiger partial charge in [0.25, 0.3) is 10.0 Å². The maximum absolute atomic E-state index is 12.9. The van der Waals surface area contributed by atoms with E-state index in [4.69, 9.17) is 16.3 Å². The average Bonchev–Trinajstić information content (AvgIpc) is 3.06. The Morgan fingerprint density at radius 1 is 1.32 bits per heavy atom. The molecule has 0 amide bonds. The van der Waals surface area contributed by atoms with Gasteiger partial charge in [0.05, 0.1) is 23.1 Å². The van der Waals surface area contributed by atoms with Crippen LogP contribution in [0.4, 0.5) is 0 Å². The third kappa shape index (κ3) is 3.07. The van der Waals surface area contributed by atoms with Crippen LogP contribution in [-0.2, 0) is 14.8 Å². The molecule has 124 valence electrons. The van der Waals surface area contributed by atoms with Crippen LogP contribution in [0.5, 0.6) is 0 Å². The van der Waals surface area contributed by atoms with Gasteiger partial charge in [-0.3, -0.25) is 0 Å². The molecule has 22 heavy (non-hydrogen) atoms. The summed E-state index contributed by atoms with van der Waals surface area (Å²) in [5, 5.41) is 9.65. The topological polar surface area (TPSA) is 66.8 Å². The van der Waals surface area contributed by atoms with Crippen LogP contribution in [-0.4, -0.2) is 42.8 Å². The minimum absolute atomic E-state index is 0.159. The Labute approximate surface area is 139 Å². The van der Waals surface area contributed by atoms with Gasteiger partial charge in [-0.15, -0.1) is 11.3 Å². The molecule has 0 radical (unpaired) electrons. The minimum Gasteiger partial charge on any atom is -0.393 e. The number of thiophene rings is 1. The van der Waals surface area contributed by atoms with Crippen LogP contribution in [0.1, 0.15) is 32.6 Å². The van der Waals surface area contributed by atoms with E-state index in [9.17, 15) is 13.5 Å². The van der Waals surface area contributed by atoms with Crippen molar-refractivity contribution in [2.24, 2.45) is 5.92 Å². The fourth-order valence-corrected chi connectivity index (χ4v) is 6.75. The first-order valence-corrected chi connectivity index (χ1v) is 10.1. The van der Waals surface area contributed by atoms with Crippen molar-refractivity contribution in [1.82, 2.24) is 4.31 Å². The van der Waals surface area contributed by atoms with Gasteiger partial charge >= 0.3 is 0 Å². The van der Waals surface area contributed by atoms with Gasteiger partial charge in [-0.1, -0.05) is 11.6 Å². The van der Waals surface area contributed by atoms with Gasteiger partial charge in [0.2, 0.25) is 0 Å². The minimum atomic E-state index is -3.60. The van der Waals surface area contributed by atoms with Crippen molar-refractivity contribution in [3.8, 4) is 0 Å². The fraction of sp³-hybridized carbons (Fsp3) is 0.714. The SMILES string of the molecule is CC1OC[C@H](C2CCC(O)CC2)N1S(=O)(=O)c1ccc(Cl)s1. The van der Waals surface area contributed by atoms with Gasteiger partial charge in [0.15, 0.2) is 0 Å². The lowest BCUT2D eigenvalue weighted by molar-refractivity contribution is 0.0831. The van der Waals surface area contributed by atoms with Crippen molar-refractivity contribution in [3.05, 3.63) is 16.5 Å². The maximum atomic E-state index is 12.9. The van der Waals surface area contributed by atoms with Crippen molar-refractivity contribution in [2.75, 3.05) is 6.61 Å². The van der Waals surface area contributed by atoms with Crippen LogP contribution >= 0.6 is 22.9 Å². The molecule has 1 unspecified atom stereocenters. The van der Waals surface area contributed by atoms with Crippen molar-refractivity contribution in [2.45, 2.75) is 55.2 Å². The van der Waals surface area contributed by atoms with Gasteiger partial charge in [0.1, 0.15) is 10.4 Å². The molecule has 0 spiro atoms. The molecule has 1 saturated carbocycles. The van der Waals surface area contributed by atoms with Crippen molar-refractivity contribution in [1.29, 1.82) is 0 Å². The maximum Gasteiger partial charge on any atom is 0.255 e. The summed E-state index contributed by atoms with van der Waals surface area (Å²) in [6.45, 7) is 2.19. The number of rotatable bonds is 3. The van der Waals surface area contributed by atoms with Crippen molar-refractivity contribution >= 4 is 33.0 Å². The Balaban J connectivity index is 1.86. The van der Waals surface area contributed by atoms with Gasteiger partial charge in [-0.2, -0.15) is 4.31 Å². The van der Waals surface area contributed by atoms with E-state index in [0.29, 0.717) is 10.9 Å². The number of hydrogen-bond donors (Lipinski definition) is 1. The molecule has 5 nitrogen and oxygen atoms in total. The molecule has 1 aliphatic heterocycles. The molecular formula is C14H20ClNO4S2. The van der Waals surface area contributed by atoms with E-state index < -0.39 is 16.3 Å². The largest absolute Gasteiger partial charge is 0.393 e. The molecule has 1 saturated heterocycles. The summed E-state index contributed by atoms with van der Waals surface area (Å²) in [4.78, 5) is 0. The summed E-state index contributed by atoms with van der Waals surface area (Å²) in [6, 6.07) is 3.00. The van der Waals surface area contributed by atoms with Crippen LogP contribution < -0.4 is 0 Å². The van der Waals surface area contributed by atoms with Crippen LogP contribution in [0.15, 0.2) is 16.3 Å². The average molecular weight is 366 g/mol. The summed E-state index contributed by atoms with van der Waals surface area (Å²) >= 11 is 6.96. The zero-order valence-electron chi connectivity index (χ0n) is 12.3. The zero-order valence-corrected chi connectivity index (χ0v) is 14.7. The quantitative estimate of drug-likeness (QED) is 0.894. The second kappa shape index (κ2) is 6.37. The molecule has 2 aliphatic rings. The summed E-state index contributed by atoms with van der Waals surface area (Å²) in [7, 11) is -3.60. The van der Waals surface area contributed by atoms with Crippen molar-refractivity contribution in [3.63, 3.8) is 0 Å². The predicted octanol–water partition coefficient (Wildman–Crippen LogP) is 2.69. The van der Waals surface area contributed by atoms with Gasteiger partial charge < -0.3 is 9.84 Å². The number of aliphatic hydroxyl groups excluding tert-OH is 1. The first-order valence-electron chi connectivity index (χ1n) is 7.48. The number of sulfonamides is 1. The molecule has 0 aromatic carbocycles. The lowest BCUT2D eigenvalue weighted by atomic mass is 9.83. The van der Waals surface area contributed by atoms with E-state index >= 15 is 0 Å². The Hall–Kier alpha value is -0.180. The van der Waals surface area contributed by atoms with E-state index in [1.807, 2.05) is 0 Å². The number of hydrogen-bond acceptors (Lipinski definition) is 5. The third-order valence-corrected chi connectivity index (χ3v) is 8.23. The predicted molar refractivity (Wildman–Crippen MR) is 85.5 cm³/mol. The Kier molecular flexibility index (Phi) is 4.83. The molecule has 2 fully saturated rings. The molecular weight excluding hydrogens is 346 g/mol. The second-order valence-electron chi connectivity index (χ2n) is 5.96. The fourth-order valence-electron chi connectivity index (χ4n) is 3.40. The van der Waals surface area contributed by atoms with E-state index in [2.05, 4.69) is 0 Å². The highest BCUT2D eigenvalue weighted by atomic mass is 35.5. The molecule has 2 atom stereocenters. The molecule has 3 rings (SSSR count). The summed E-state index contributed by atoms with van der Waals surface area (Å²) < 4.78 is 33.7. The summed E-state index contributed by atoms with van der Waals surface area (Å²) in [6.07, 6.45) is 2.40. The highest BCUT2D eigenvalue weighted by Gasteiger charge is 2.45. The first-order chi connectivity index (χ1) is 10.4. The molecule has 1 N–H and O–H groups in total. The third-order valence-electron chi connectivity index (χ3n) is 4.56. The van der Waals surface area contributed by atoms with Gasteiger partial charge in [-0.05, 0) is 50.7 Å². The molecule has 2 heterocycles. The Morgan fingerprint density at radius 2 is 2.00 bits per heavy atom. The highest BCUT2D eigenvalue weighted by molar-refractivity contribution is 7.91. The van der Waals surface area contributed by atoms with Crippen LogP contribution in [0.2, 0.25) is 4.34 Å². The number of halogens is 1. The van der Waals surface area contributed by atoms with Crippen molar-refractivity contribution < 1.29 is 18.3 Å². The number of ether oxygens (including phenoxy) is 1. The molecule has 1 aromatic rings. The van der Waals surface area contributed by atoms with E-state index in [1.165, 1.54) is 4.31 Å². The Bertz CT molecular complexity index is 625. The smallest absolute Gasteiger partial charge is 0.255 e. The normalized spacial score (nSPS) is 34.1. The number of aliphatic hydroxyl groups is 1. The van der Waals surface area contributed by atoms with Gasteiger partial charge in [0, 0.05) is 0 Å². The van der Waals surface area contributed by atoms with E-state index in [0.717, 1.165) is 37.0 Å². The molecule has 8 heteroatoms. The number of nitrogens with zero attached hydrogens (tertiary/aromatic N) is 1. The van der Waals surface area contributed by atoms with Crippen LogP contribution in [0.25, 0.3) is 0 Å². The van der Waals surface area contributed by atoms with Gasteiger partial charge in [-0.25, -0.2) is 8.42 Å². The second-order valence-corrected chi connectivity index (χ2v) is 9.75.